The van der Waals surface area contributed by atoms with Crippen LogP contribution in [0.25, 0.3) is 10.4 Å². The predicted molar refractivity (Wildman–Crippen MR) is 164 cm³/mol. The zero-order valence-electron chi connectivity index (χ0n) is 23.5. The van der Waals surface area contributed by atoms with Crippen LogP contribution in [0.3, 0.4) is 0 Å². The number of benzene rings is 1. The highest BCUT2D eigenvalue weighted by atomic mass is 32.2. The van der Waals surface area contributed by atoms with Crippen molar-refractivity contribution < 1.29 is 23.1 Å². The molecular formula is C30H37N5O5S2. The highest BCUT2D eigenvalue weighted by molar-refractivity contribution is 7.90. The molecule has 1 saturated carbocycles. The van der Waals surface area contributed by atoms with E-state index in [1.54, 1.807) is 11.0 Å². The highest BCUT2D eigenvalue weighted by Crippen LogP contribution is 2.42. The SMILES string of the molecule is N[C@H]1CCN(C2=CCC(S(=O)(=O)N3CC(=O)N(c4cc(-c5ccccc5)sc4C(=O)O)[C@H](C4CCCCC4)C3)C=N2)C1. The highest BCUT2D eigenvalue weighted by Gasteiger charge is 2.45. The van der Waals surface area contributed by atoms with Gasteiger partial charge in [-0.15, -0.1) is 11.3 Å². The first-order valence-corrected chi connectivity index (χ1v) is 17.0. The van der Waals surface area contributed by atoms with Crippen molar-refractivity contribution in [3.05, 3.63) is 53.2 Å². The maximum Gasteiger partial charge on any atom is 0.348 e. The number of likely N-dealkylation sites (tertiary alicyclic amines) is 1. The molecule has 3 N–H and O–H groups in total. The standard InChI is InChI=1S/C30H37N5O5S2/c31-22-13-14-33(17-22)27-12-11-23(16-32-27)42(39,40)34-18-25(20-7-3-1-4-8-20)35(28(36)19-34)24-15-26(41-29(24)30(37)38)21-9-5-2-6-10-21/h2,5-6,9-10,12,15-16,20,22-23,25H,1,3-4,7-8,11,13-14,17-19,31H2,(H,37,38)/t22-,23?,25-/m0/s1. The molecule has 3 aliphatic heterocycles. The van der Waals surface area contributed by atoms with Gasteiger partial charge in [-0.25, -0.2) is 18.2 Å². The minimum Gasteiger partial charge on any atom is -0.477 e. The third kappa shape index (κ3) is 5.64. The van der Waals surface area contributed by atoms with Gasteiger partial charge < -0.3 is 20.6 Å². The smallest absolute Gasteiger partial charge is 0.348 e. The quantitative estimate of drug-likeness (QED) is 0.487. The Balaban J connectivity index is 1.29. The molecule has 1 aliphatic carbocycles. The number of hydrogen-bond donors (Lipinski definition) is 2. The fraction of sp³-hybridized carbons (Fsp3) is 0.500. The number of rotatable bonds is 7. The van der Waals surface area contributed by atoms with E-state index in [2.05, 4.69) is 9.89 Å². The van der Waals surface area contributed by atoms with Crippen molar-refractivity contribution >= 4 is 45.1 Å². The molecule has 1 aromatic heterocycles. The van der Waals surface area contributed by atoms with E-state index in [1.165, 1.54) is 10.5 Å². The number of sulfonamides is 1. The number of hydrogen-bond acceptors (Lipinski definition) is 8. The third-order valence-corrected chi connectivity index (χ3v) is 12.2. The zero-order chi connectivity index (χ0) is 29.4. The molecule has 0 radical (unpaired) electrons. The molecular weight excluding hydrogens is 574 g/mol. The summed E-state index contributed by atoms with van der Waals surface area (Å²) < 4.78 is 29.1. The summed E-state index contributed by atoms with van der Waals surface area (Å²) in [6.45, 7) is 1.31. The van der Waals surface area contributed by atoms with Crippen molar-refractivity contribution in [3.63, 3.8) is 0 Å². The molecule has 0 spiro atoms. The topological polar surface area (TPSA) is 137 Å². The molecule has 0 bridgehead atoms. The molecule has 2 aromatic rings. The van der Waals surface area contributed by atoms with Crippen LogP contribution in [0, 0.1) is 5.92 Å². The van der Waals surface area contributed by atoms with Crippen molar-refractivity contribution in [1.82, 2.24) is 9.21 Å². The predicted octanol–water partition coefficient (Wildman–Crippen LogP) is 3.76. The number of aliphatic imine (C=N–C) groups is 1. The van der Waals surface area contributed by atoms with Crippen molar-refractivity contribution in [2.75, 3.05) is 31.1 Å². The molecule has 4 heterocycles. The number of anilines is 1. The van der Waals surface area contributed by atoms with Gasteiger partial charge in [0, 0.05) is 36.8 Å². The van der Waals surface area contributed by atoms with Crippen LogP contribution in [0.4, 0.5) is 5.69 Å². The largest absolute Gasteiger partial charge is 0.477 e. The fourth-order valence-corrected chi connectivity index (χ4v) is 9.28. The summed E-state index contributed by atoms with van der Waals surface area (Å²) in [5.41, 5.74) is 7.27. The Morgan fingerprint density at radius 2 is 1.83 bits per heavy atom. The molecule has 224 valence electrons. The van der Waals surface area contributed by atoms with Crippen LogP contribution in [-0.2, 0) is 14.8 Å². The second kappa shape index (κ2) is 11.9. The van der Waals surface area contributed by atoms with E-state index >= 15 is 0 Å². The van der Waals surface area contributed by atoms with Crippen LogP contribution in [-0.4, -0.2) is 84.3 Å². The Morgan fingerprint density at radius 3 is 2.48 bits per heavy atom. The third-order valence-electron chi connectivity index (χ3n) is 8.92. The fourth-order valence-electron chi connectivity index (χ4n) is 6.70. The van der Waals surface area contributed by atoms with Crippen molar-refractivity contribution in [2.45, 2.75) is 62.3 Å². The van der Waals surface area contributed by atoms with Gasteiger partial charge in [-0.3, -0.25) is 4.79 Å². The molecule has 4 aliphatic rings. The van der Waals surface area contributed by atoms with Gasteiger partial charge in [0.2, 0.25) is 15.9 Å². The first-order chi connectivity index (χ1) is 20.2. The van der Waals surface area contributed by atoms with Gasteiger partial charge in [0.1, 0.15) is 15.9 Å². The lowest BCUT2D eigenvalue weighted by atomic mass is 9.82. The van der Waals surface area contributed by atoms with Crippen LogP contribution in [0.2, 0.25) is 0 Å². The molecule has 42 heavy (non-hydrogen) atoms. The summed E-state index contributed by atoms with van der Waals surface area (Å²) in [6, 6.07) is 10.9. The molecule has 3 atom stereocenters. The van der Waals surface area contributed by atoms with Crippen LogP contribution in [0.1, 0.15) is 54.6 Å². The van der Waals surface area contributed by atoms with Crippen molar-refractivity contribution in [2.24, 2.45) is 16.6 Å². The number of carboxylic acids is 1. The van der Waals surface area contributed by atoms with Gasteiger partial charge >= 0.3 is 5.97 Å². The second-order valence-electron chi connectivity index (χ2n) is 11.7. The van der Waals surface area contributed by atoms with Crippen LogP contribution >= 0.6 is 11.3 Å². The summed E-state index contributed by atoms with van der Waals surface area (Å²) in [7, 11) is -3.88. The van der Waals surface area contributed by atoms with E-state index in [1.807, 2.05) is 36.4 Å². The number of nitrogens with zero attached hydrogens (tertiary/aromatic N) is 4. The number of nitrogens with two attached hydrogens (primary N) is 1. The number of carbonyl (C=O) groups excluding carboxylic acids is 1. The monoisotopic (exact) mass is 611 g/mol. The van der Waals surface area contributed by atoms with E-state index in [0.717, 1.165) is 72.7 Å². The number of allylic oxidation sites excluding steroid dienone is 1. The average Bonchev–Trinajstić information content (AvgIpc) is 3.65. The van der Waals surface area contributed by atoms with Gasteiger partial charge in [0.15, 0.2) is 0 Å². The molecule has 3 fully saturated rings. The average molecular weight is 612 g/mol. The van der Waals surface area contributed by atoms with Crippen LogP contribution in [0.5, 0.6) is 0 Å². The van der Waals surface area contributed by atoms with Crippen molar-refractivity contribution in [3.8, 4) is 10.4 Å². The Labute approximate surface area is 250 Å². The van der Waals surface area contributed by atoms with E-state index < -0.39 is 33.2 Å². The summed E-state index contributed by atoms with van der Waals surface area (Å²) in [5.74, 6) is -0.658. The summed E-state index contributed by atoms with van der Waals surface area (Å²) in [5, 5.41) is 9.28. The van der Waals surface area contributed by atoms with Crippen LogP contribution < -0.4 is 10.6 Å². The Bertz CT molecular complexity index is 1500. The molecule has 10 nitrogen and oxygen atoms in total. The summed E-state index contributed by atoms with van der Waals surface area (Å²) in [4.78, 5) is 35.4. The molecule has 12 heteroatoms. The van der Waals surface area contributed by atoms with Gasteiger partial charge in [-0.05, 0) is 49.3 Å². The van der Waals surface area contributed by atoms with Crippen LogP contribution in [0.15, 0.2) is 53.3 Å². The second-order valence-corrected chi connectivity index (χ2v) is 14.9. The van der Waals surface area contributed by atoms with E-state index in [9.17, 15) is 23.1 Å². The maximum absolute atomic E-state index is 13.9. The van der Waals surface area contributed by atoms with Gasteiger partial charge in [-0.2, -0.15) is 4.31 Å². The van der Waals surface area contributed by atoms with Crippen molar-refractivity contribution in [1.29, 1.82) is 0 Å². The first kappa shape index (κ1) is 29.0. The Morgan fingerprint density at radius 1 is 1.07 bits per heavy atom. The lowest BCUT2D eigenvalue weighted by Gasteiger charge is -2.45. The number of carbonyl (C=O) groups is 2. The molecule has 1 amide bonds. The number of carboxylic acid groups (broad SMARTS) is 1. The normalized spacial score (nSPS) is 26.1. The minimum absolute atomic E-state index is 0.0771. The molecule has 6 rings (SSSR count). The number of thiophene rings is 1. The number of amides is 1. The lowest BCUT2D eigenvalue weighted by Crippen LogP contribution is -2.62. The molecule has 1 unspecified atom stereocenters. The molecule has 2 saturated heterocycles. The van der Waals surface area contributed by atoms with E-state index in [-0.39, 0.29) is 36.3 Å². The van der Waals surface area contributed by atoms with Gasteiger partial charge in [-0.1, -0.05) is 49.6 Å². The van der Waals surface area contributed by atoms with Gasteiger partial charge in [0.25, 0.3) is 0 Å². The minimum atomic E-state index is -3.88. The summed E-state index contributed by atoms with van der Waals surface area (Å²) in [6.07, 6.45) is 9.36. The van der Waals surface area contributed by atoms with E-state index in [4.69, 9.17) is 5.73 Å². The maximum atomic E-state index is 13.9. The number of piperazine rings is 1. The van der Waals surface area contributed by atoms with E-state index in [0.29, 0.717) is 12.2 Å². The Hall–Kier alpha value is -3.06. The summed E-state index contributed by atoms with van der Waals surface area (Å²) >= 11 is 1.14. The lowest BCUT2D eigenvalue weighted by molar-refractivity contribution is -0.121. The molecule has 1 aromatic carbocycles. The first-order valence-electron chi connectivity index (χ1n) is 14.7. The zero-order valence-corrected chi connectivity index (χ0v) is 25.1. The number of aromatic carboxylic acids is 1. The Kier molecular flexibility index (Phi) is 8.23. The van der Waals surface area contributed by atoms with Gasteiger partial charge in [0.05, 0.1) is 18.3 Å².